The second kappa shape index (κ2) is 2.92. The van der Waals surface area contributed by atoms with Gasteiger partial charge in [-0.15, -0.1) is 0 Å². The van der Waals surface area contributed by atoms with E-state index in [4.69, 9.17) is 15.8 Å². The molecule has 1 rings (SSSR count). The quantitative estimate of drug-likeness (QED) is 0.222. The van der Waals surface area contributed by atoms with E-state index >= 15 is 0 Å². The lowest BCUT2D eigenvalue weighted by Crippen LogP contribution is -2.25. The van der Waals surface area contributed by atoms with Crippen molar-refractivity contribution in [3.8, 4) is 0 Å². The molecular weight excluding hydrogens is 138 g/mol. The smallest absolute Gasteiger partial charge is 0.350 e. The minimum Gasteiger partial charge on any atom is -0.406 e. The van der Waals surface area contributed by atoms with Crippen LogP contribution >= 0.6 is 0 Å². The van der Waals surface area contributed by atoms with Crippen molar-refractivity contribution in [2.24, 2.45) is 10.9 Å². The fourth-order valence-electron chi connectivity index (χ4n) is 0.456. The minimum absolute atomic E-state index is 0.369. The van der Waals surface area contributed by atoms with E-state index in [1.165, 1.54) is 6.20 Å². The van der Waals surface area contributed by atoms with Crippen molar-refractivity contribution in [2.75, 3.05) is 6.61 Å². The monoisotopic (exact) mass is 145 g/mol. The molecule has 0 aromatic carbocycles. The Hall–Kier alpha value is -1.43. The van der Waals surface area contributed by atoms with Gasteiger partial charge in [-0.05, 0) is 11.2 Å². The molecule has 0 aromatic rings. The number of rotatable bonds is 1. The number of nitrogens with zero attached hydrogens (tertiary/aromatic N) is 2. The normalized spacial score (nSPS) is 18.0. The highest BCUT2D eigenvalue weighted by atomic mass is 17.0. The van der Waals surface area contributed by atoms with E-state index < -0.39 is 0 Å². The van der Waals surface area contributed by atoms with Crippen LogP contribution in [-0.2, 0) is 9.68 Å². The average molecular weight is 145 g/mol. The molecule has 10 heavy (non-hydrogen) atoms. The number of hydrogen-bond acceptors (Lipinski definition) is 5. The first kappa shape index (κ1) is 6.69. The van der Waals surface area contributed by atoms with E-state index in [1.54, 1.807) is 6.08 Å². The van der Waals surface area contributed by atoms with Gasteiger partial charge >= 0.3 is 6.02 Å². The lowest BCUT2D eigenvalue weighted by Gasteiger charge is -2.11. The lowest BCUT2D eigenvalue weighted by atomic mass is 10.7. The van der Waals surface area contributed by atoms with Crippen molar-refractivity contribution in [1.29, 1.82) is 0 Å². The molecule has 0 aromatic heterocycles. The van der Waals surface area contributed by atoms with Crippen LogP contribution in [0.25, 0.3) is 0 Å². The van der Waals surface area contributed by atoms with Crippen molar-refractivity contribution in [3.05, 3.63) is 12.3 Å². The highest BCUT2D eigenvalue weighted by molar-refractivity contribution is 5.70. The summed E-state index contributed by atoms with van der Waals surface area (Å²) in [7, 11) is 0. The van der Waals surface area contributed by atoms with Crippen molar-refractivity contribution < 1.29 is 14.9 Å². The summed E-state index contributed by atoms with van der Waals surface area (Å²) in [5, 5.41) is 11.6. The van der Waals surface area contributed by atoms with E-state index in [-0.39, 0.29) is 6.02 Å². The number of oxime groups is 1. The van der Waals surface area contributed by atoms with Crippen LogP contribution in [0.5, 0.6) is 0 Å². The predicted octanol–water partition coefficient (Wildman–Crippen LogP) is -0.617. The standard InChI is InChI=1S/C4H7N3O3/c5-4(6-8)10-7-2-1-3-9-7/h1-2,8H,3H2,(H2,5,6). The summed E-state index contributed by atoms with van der Waals surface area (Å²) >= 11 is 0. The van der Waals surface area contributed by atoms with E-state index in [0.29, 0.717) is 6.61 Å². The van der Waals surface area contributed by atoms with E-state index in [9.17, 15) is 0 Å². The Labute approximate surface area is 57.0 Å². The van der Waals surface area contributed by atoms with Crippen LogP contribution in [0.15, 0.2) is 17.4 Å². The molecule has 0 atom stereocenters. The summed E-state index contributed by atoms with van der Waals surface area (Å²) in [6.45, 7) is 0.429. The van der Waals surface area contributed by atoms with Crippen LogP contribution in [0.3, 0.4) is 0 Å². The Morgan fingerprint density at radius 2 is 2.70 bits per heavy atom. The Morgan fingerprint density at radius 1 is 1.90 bits per heavy atom. The van der Waals surface area contributed by atoms with Gasteiger partial charge in [0.25, 0.3) is 0 Å². The third-order valence-electron chi connectivity index (χ3n) is 0.807. The Bertz CT molecular complexity index is 167. The first-order valence-electron chi connectivity index (χ1n) is 2.57. The molecule has 0 aliphatic carbocycles. The molecule has 6 heteroatoms. The Kier molecular flexibility index (Phi) is 1.96. The van der Waals surface area contributed by atoms with Crippen LogP contribution in [0.2, 0.25) is 0 Å². The van der Waals surface area contributed by atoms with E-state index in [2.05, 4.69) is 9.99 Å². The number of amidine groups is 1. The van der Waals surface area contributed by atoms with Crippen LogP contribution < -0.4 is 5.73 Å². The molecule has 1 aliphatic rings. The van der Waals surface area contributed by atoms with E-state index in [1.807, 2.05) is 0 Å². The van der Waals surface area contributed by atoms with Gasteiger partial charge in [-0.2, -0.15) is 0 Å². The second-order valence-corrected chi connectivity index (χ2v) is 1.50. The summed E-state index contributed by atoms with van der Waals surface area (Å²) in [6.07, 6.45) is 3.22. The SMILES string of the molecule is NC(=NO)ON1C=CCO1. The number of nitrogens with two attached hydrogens (primary N) is 1. The molecule has 0 bridgehead atoms. The van der Waals surface area contributed by atoms with Gasteiger partial charge in [-0.3, -0.25) is 0 Å². The van der Waals surface area contributed by atoms with Gasteiger partial charge < -0.3 is 15.8 Å². The highest BCUT2D eigenvalue weighted by Crippen LogP contribution is 2.00. The maximum atomic E-state index is 8.03. The maximum absolute atomic E-state index is 8.03. The van der Waals surface area contributed by atoms with Crippen molar-refractivity contribution in [2.45, 2.75) is 0 Å². The van der Waals surface area contributed by atoms with Gasteiger partial charge in [-0.1, -0.05) is 5.23 Å². The topological polar surface area (TPSA) is 80.3 Å². The van der Waals surface area contributed by atoms with E-state index in [0.717, 1.165) is 5.23 Å². The predicted molar refractivity (Wildman–Crippen MR) is 31.4 cm³/mol. The molecule has 0 spiro atoms. The lowest BCUT2D eigenvalue weighted by molar-refractivity contribution is -0.275. The van der Waals surface area contributed by atoms with Gasteiger partial charge in [0.05, 0.1) is 12.8 Å². The Balaban J connectivity index is 2.31. The summed E-state index contributed by atoms with van der Waals surface area (Å²) in [5.74, 6) is 0. The maximum Gasteiger partial charge on any atom is 0.350 e. The zero-order valence-corrected chi connectivity index (χ0v) is 5.10. The molecule has 0 saturated heterocycles. The van der Waals surface area contributed by atoms with Gasteiger partial charge in [0.15, 0.2) is 0 Å². The summed E-state index contributed by atoms with van der Waals surface area (Å²) in [5.41, 5.74) is 4.97. The third-order valence-corrected chi connectivity index (χ3v) is 0.807. The molecule has 0 saturated carbocycles. The van der Waals surface area contributed by atoms with Crippen LogP contribution in [0, 0.1) is 0 Å². The Morgan fingerprint density at radius 3 is 3.20 bits per heavy atom. The van der Waals surface area contributed by atoms with Crippen molar-refractivity contribution in [1.82, 2.24) is 5.23 Å². The molecule has 0 radical (unpaired) electrons. The zero-order valence-electron chi connectivity index (χ0n) is 5.10. The zero-order chi connectivity index (χ0) is 7.40. The number of hydroxylamine groups is 2. The van der Waals surface area contributed by atoms with Crippen LogP contribution in [0.1, 0.15) is 0 Å². The first-order chi connectivity index (χ1) is 4.83. The largest absolute Gasteiger partial charge is 0.406 e. The van der Waals surface area contributed by atoms with Crippen LogP contribution in [0.4, 0.5) is 0 Å². The molecule has 6 nitrogen and oxygen atoms in total. The fourth-order valence-corrected chi connectivity index (χ4v) is 0.456. The summed E-state index contributed by atoms with van der Waals surface area (Å²) in [6, 6.07) is -0.369. The summed E-state index contributed by atoms with van der Waals surface area (Å²) in [4.78, 5) is 9.32. The van der Waals surface area contributed by atoms with Gasteiger partial charge in [-0.25, -0.2) is 4.84 Å². The molecule has 56 valence electrons. The highest BCUT2D eigenvalue weighted by Gasteiger charge is 2.06. The number of hydrogen-bond donors (Lipinski definition) is 2. The van der Waals surface area contributed by atoms with Gasteiger partial charge in [0.1, 0.15) is 0 Å². The molecule has 0 fully saturated rings. The summed E-state index contributed by atoms with van der Waals surface area (Å²) < 4.78 is 0. The fraction of sp³-hybridized carbons (Fsp3) is 0.250. The molecule has 3 N–H and O–H groups in total. The average Bonchev–Trinajstić information content (AvgIpc) is 2.40. The molecule has 1 heterocycles. The molecule has 0 amide bonds. The molecule has 0 unspecified atom stereocenters. The molecular formula is C4H7N3O3. The second-order valence-electron chi connectivity index (χ2n) is 1.50. The van der Waals surface area contributed by atoms with Crippen molar-refractivity contribution in [3.63, 3.8) is 0 Å². The molecule has 1 aliphatic heterocycles. The third kappa shape index (κ3) is 1.52. The minimum atomic E-state index is -0.369. The van der Waals surface area contributed by atoms with Crippen molar-refractivity contribution >= 4 is 6.02 Å². The van der Waals surface area contributed by atoms with Gasteiger partial charge in [0, 0.05) is 0 Å². The van der Waals surface area contributed by atoms with Crippen LogP contribution in [-0.4, -0.2) is 23.1 Å². The first-order valence-corrected chi connectivity index (χ1v) is 2.57. The van der Waals surface area contributed by atoms with Gasteiger partial charge in [0.2, 0.25) is 0 Å².